The number of rotatable bonds is 3. The van der Waals surface area contributed by atoms with E-state index in [1.165, 1.54) is 24.9 Å². The molecular formula is C8H17OSSi. The summed E-state index contributed by atoms with van der Waals surface area (Å²) in [5.41, 5.74) is 0. The maximum absolute atomic E-state index is 5.72. The van der Waals surface area contributed by atoms with E-state index in [0.29, 0.717) is 0 Å². The molecule has 0 aromatic rings. The molecule has 0 aromatic heterocycles. The van der Waals surface area contributed by atoms with Crippen molar-refractivity contribution >= 4 is 21.7 Å². The van der Waals surface area contributed by atoms with Crippen molar-refractivity contribution in [1.82, 2.24) is 0 Å². The summed E-state index contributed by atoms with van der Waals surface area (Å²) >= 11 is 4.28. The predicted molar refractivity (Wildman–Crippen MR) is 53.6 cm³/mol. The van der Waals surface area contributed by atoms with Gasteiger partial charge in [-0.1, -0.05) is 13.3 Å². The van der Waals surface area contributed by atoms with Crippen LogP contribution in [0.3, 0.4) is 0 Å². The molecule has 0 amide bonds. The fraction of sp³-hybridized carbons (Fsp3) is 1.00. The van der Waals surface area contributed by atoms with Gasteiger partial charge in [-0.25, -0.2) is 0 Å². The second-order valence-corrected chi connectivity index (χ2v) is 5.98. The SMILES string of the molecule is CC(CS)C[Si]1CCCCO1. The van der Waals surface area contributed by atoms with E-state index in [2.05, 4.69) is 19.6 Å². The largest absolute Gasteiger partial charge is 0.417 e. The van der Waals surface area contributed by atoms with Crippen LogP contribution in [0, 0.1) is 5.92 Å². The minimum absolute atomic E-state index is 0.408. The van der Waals surface area contributed by atoms with Gasteiger partial charge in [-0.3, -0.25) is 0 Å². The second-order valence-electron chi connectivity index (χ2n) is 3.34. The summed E-state index contributed by atoms with van der Waals surface area (Å²) in [5.74, 6) is 1.77. The monoisotopic (exact) mass is 189 g/mol. The van der Waals surface area contributed by atoms with E-state index in [1.807, 2.05) is 0 Å². The van der Waals surface area contributed by atoms with Crippen molar-refractivity contribution in [3.63, 3.8) is 0 Å². The molecule has 65 valence electrons. The second kappa shape index (κ2) is 5.22. The Balaban J connectivity index is 2.13. The Kier molecular flexibility index (Phi) is 4.56. The van der Waals surface area contributed by atoms with Crippen LogP contribution < -0.4 is 0 Å². The van der Waals surface area contributed by atoms with Gasteiger partial charge in [0.15, 0.2) is 0 Å². The Morgan fingerprint density at radius 1 is 1.55 bits per heavy atom. The van der Waals surface area contributed by atoms with Gasteiger partial charge in [0, 0.05) is 6.61 Å². The number of hydrogen-bond donors (Lipinski definition) is 1. The van der Waals surface area contributed by atoms with Crippen LogP contribution in [0.4, 0.5) is 0 Å². The zero-order chi connectivity index (χ0) is 8.10. The molecule has 1 nitrogen and oxygen atoms in total. The molecule has 0 N–H and O–H groups in total. The van der Waals surface area contributed by atoms with Crippen LogP contribution in [0.5, 0.6) is 0 Å². The van der Waals surface area contributed by atoms with Gasteiger partial charge in [-0.2, -0.15) is 12.6 Å². The lowest BCUT2D eigenvalue weighted by Crippen LogP contribution is -2.25. The summed E-state index contributed by atoms with van der Waals surface area (Å²) < 4.78 is 5.72. The van der Waals surface area contributed by atoms with Crippen LogP contribution in [0.15, 0.2) is 0 Å². The molecule has 3 heteroatoms. The molecule has 1 aliphatic rings. The van der Waals surface area contributed by atoms with E-state index in [9.17, 15) is 0 Å². The molecule has 1 rings (SSSR count). The van der Waals surface area contributed by atoms with E-state index < -0.39 is 9.04 Å². The van der Waals surface area contributed by atoms with E-state index in [-0.39, 0.29) is 0 Å². The van der Waals surface area contributed by atoms with E-state index in [4.69, 9.17) is 4.43 Å². The molecule has 1 aliphatic heterocycles. The van der Waals surface area contributed by atoms with Crippen LogP contribution >= 0.6 is 12.6 Å². The average Bonchev–Trinajstić information content (AvgIpc) is 2.06. The summed E-state index contributed by atoms with van der Waals surface area (Å²) in [6.07, 6.45) is 2.68. The highest BCUT2D eigenvalue weighted by atomic mass is 32.1. The Morgan fingerprint density at radius 3 is 2.91 bits per heavy atom. The van der Waals surface area contributed by atoms with Crippen LogP contribution in [-0.2, 0) is 4.43 Å². The van der Waals surface area contributed by atoms with Crippen LogP contribution in [0.2, 0.25) is 12.1 Å². The Labute approximate surface area is 76.7 Å². The summed E-state index contributed by atoms with van der Waals surface area (Å²) in [6, 6.07) is 2.66. The molecule has 0 saturated carbocycles. The quantitative estimate of drug-likeness (QED) is 0.530. The van der Waals surface area contributed by atoms with E-state index in [1.54, 1.807) is 0 Å². The number of hydrogen-bond acceptors (Lipinski definition) is 2. The molecule has 0 bridgehead atoms. The highest BCUT2D eigenvalue weighted by molar-refractivity contribution is 7.80. The fourth-order valence-corrected chi connectivity index (χ4v) is 4.16. The number of thiol groups is 1. The molecule has 0 spiro atoms. The molecule has 0 aliphatic carbocycles. The minimum atomic E-state index is -0.408. The smallest absolute Gasteiger partial charge is 0.211 e. The van der Waals surface area contributed by atoms with Gasteiger partial charge in [0.05, 0.1) is 0 Å². The van der Waals surface area contributed by atoms with Crippen LogP contribution in [0.25, 0.3) is 0 Å². The van der Waals surface area contributed by atoms with Crippen molar-refractivity contribution in [3.8, 4) is 0 Å². The van der Waals surface area contributed by atoms with Gasteiger partial charge >= 0.3 is 0 Å². The highest BCUT2D eigenvalue weighted by Crippen LogP contribution is 2.18. The third-order valence-corrected chi connectivity index (χ3v) is 5.34. The van der Waals surface area contributed by atoms with Crippen molar-refractivity contribution in [2.24, 2.45) is 5.92 Å². The van der Waals surface area contributed by atoms with Crippen molar-refractivity contribution in [2.75, 3.05) is 12.4 Å². The third-order valence-electron chi connectivity index (χ3n) is 2.04. The van der Waals surface area contributed by atoms with Gasteiger partial charge in [0.25, 0.3) is 0 Å². The van der Waals surface area contributed by atoms with Gasteiger partial charge < -0.3 is 4.43 Å². The zero-order valence-electron chi connectivity index (χ0n) is 7.18. The first-order valence-electron chi connectivity index (χ1n) is 4.41. The standard InChI is InChI=1S/C8H17OSSi/c1-8(6-10)7-11-5-3-2-4-9-11/h8,10H,2-7H2,1H3. The van der Waals surface area contributed by atoms with Crippen LogP contribution in [-0.4, -0.2) is 21.4 Å². The topological polar surface area (TPSA) is 9.23 Å². The Hall–Kier alpha value is 0.527. The van der Waals surface area contributed by atoms with Crippen molar-refractivity contribution in [3.05, 3.63) is 0 Å². The molecule has 0 aromatic carbocycles. The molecule has 1 heterocycles. The van der Waals surface area contributed by atoms with Gasteiger partial charge in [-0.05, 0) is 30.2 Å². The first kappa shape index (κ1) is 9.61. The third kappa shape index (κ3) is 3.63. The maximum atomic E-state index is 5.72. The van der Waals surface area contributed by atoms with E-state index in [0.717, 1.165) is 18.3 Å². The lowest BCUT2D eigenvalue weighted by Gasteiger charge is -2.22. The summed E-state index contributed by atoms with van der Waals surface area (Å²) in [7, 11) is -0.408. The Bertz CT molecular complexity index is 104. The first-order valence-corrected chi connectivity index (χ1v) is 6.86. The minimum Gasteiger partial charge on any atom is -0.417 e. The fourth-order valence-electron chi connectivity index (χ4n) is 1.33. The predicted octanol–water partition coefficient (Wildman–Crippen LogP) is 2.35. The molecule has 1 radical (unpaired) electrons. The van der Waals surface area contributed by atoms with Gasteiger partial charge in [0.1, 0.15) is 0 Å². The zero-order valence-corrected chi connectivity index (χ0v) is 9.07. The van der Waals surface area contributed by atoms with E-state index >= 15 is 0 Å². The molecule has 1 atom stereocenters. The molecule has 1 fully saturated rings. The van der Waals surface area contributed by atoms with Crippen LogP contribution in [0.1, 0.15) is 19.8 Å². The lowest BCUT2D eigenvalue weighted by atomic mass is 10.3. The van der Waals surface area contributed by atoms with Gasteiger partial charge in [-0.15, -0.1) is 0 Å². The Morgan fingerprint density at radius 2 is 2.36 bits per heavy atom. The summed E-state index contributed by atoms with van der Waals surface area (Å²) in [4.78, 5) is 0. The molecular weight excluding hydrogens is 172 g/mol. The molecule has 11 heavy (non-hydrogen) atoms. The normalized spacial score (nSPS) is 23.5. The average molecular weight is 189 g/mol. The lowest BCUT2D eigenvalue weighted by molar-refractivity contribution is 0.283. The molecule has 1 saturated heterocycles. The summed E-state index contributed by atoms with van der Waals surface area (Å²) in [5, 5.41) is 0. The molecule has 1 unspecified atom stereocenters. The highest BCUT2D eigenvalue weighted by Gasteiger charge is 2.19. The summed E-state index contributed by atoms with van der Waals surface area (Å²) in [6.45, 7) is 3.29. The first-order chi connectivity index (χ1) is 5.33. The van der Waals surface area contributed by atoms with Gasteiger partial charge in [0.2, 0.25) is 9.04 Å². The van der Waals surface area contributed by atoms with Crippen molar-refractivity contribution in [1.29, 1.82) is 0 Å². The van der Waals surface area contributed by atoms with Crippen molar-refractivity contribution in [2.45, 2.75) is 31.9 Å². The van der Waals surface area contributed by atoms with Crippen molar-refractivity contribution < 1.29 is 4.43 Å². The maximum Gasteiger partial charge on any atom is 0.211 e.